The van der Waals surface area contributed by atoms with Gasteiger partial charge in [0.25, 0.3) is 0 Å². The highest BCUT2D eigenvalue weighted by Crippen LogP contribution is 2.07. The standard InChI is InChI=1S/C17H25NO3/c1-5-14-6-8-15(9-7-14)11-21-17(20)18-13(4)16(19)10-12(2)3/h6-9,12-13H,5,10-11H2,1-4H3,(H,18,20). The molecular formula is C17H25NO3. The van der Waals surface area contributed by atoms with E-state index in [9.17, 15) is 9.59 Å². The van der Waals surface area contributed by atoms with Crippen LogP contribution in [0, 0.1) is 5.92 Å². The lowest BCUT2D eigenvalue weighted by Crippen LogP contribution is -2.39. The monoisotopic (exact) mass is 291 g/mol. The van der Waals surface area contributed by atoms with Gasteiger partial charge in [0.15, 0.2) is 5.78 Å². The topological polar surface area (TPSA) is 55.4 Å². The average Bonchev–Trinajstić information content (AvgIpc) is 2.44. The zero-order chi connectivity index (χ0) is 15.8. The lowest BCUT2D eigenvalue weighted by atomic mass is 10.0. The molecule has 0 spiro atoms. The zero-order valence-electron chi connectivity index (χ0n) is 13.3. The smallest absolute Gasteiger partial charge is 0.408 e. The molecule has 1 N–H and O–H groups in total. The summed E-state index contributed by atoms with van der Waals surface area (Å²) >= 11 is 0. The number of amides is 1. The number of hydrogen-bond donors (Lipinski definition) is 1. The van der Waals surface area contributed by atoms with Gasteiger partial charge in [-0.25, -0.2) is 4.79 Å². The molecule has 4 heteroatoms. The molecule has 0 aromatic heterocycles. The molecular weight excluding hydrogens is 266 g/mol. The van der Waals surface area contributed by atoms with E-state index >= 15 is 0 Å². The molecule has 21 heavy (non-hydrogen) atoms. The van der Waals surface area contributed by atoms with E-state index in [4.69, 9.17) is 4.74 Å². The van der Waals surface area contributed by atoms with E-state index in [2.05, 4.69) is 12.2 Å². The predicted molar refractivity (Wildman–Crippen MR) is 83.1 cm³/mol. The van der Waals surface area contributed by atoms with Crippen LogP contribution in [0.25, 0.3) is 0 Å². The first kappa shape index (κ1) is 17.2. The maximum Gasteiger partial charge on any atom is 0.408 e. The molecule has 0 saturated carbocycles. The average molecular weight is 291 g/mol. The van der Waals surface area contributed by atoms with Gasteiger partial charge in [-0.3, -0.25) is 4.79 Å². The van der Waals surface area contributed by atoms with Crippen molar-refractivity contribution < 1.29 is 14.3 Å². The van der Waals surface area contributed by atoms with Gasteiger partial charge < -0.3 is 10.1 Å². The van der Waals surface area contributed by atoms with Crippen molar-refractivity contribution >= 4 is 11.9 Å². The molecule has 1 atom stereocenters. The van der Waals surface area contributed by atoms with Crippen molar-refractivity contribution in [3.63, 3.8) is 0 Å². The van der Waals surface area contributed by atoms with Crippen LogP contribution in [-0.2, 0) is 22.6 Å². The van der Waals surface area contributed by atoms with E-state index in [1.165, 1.54) is 5.56 Å². The lowest BCUT2D eigenvalue weighted by molar-refractivity contribution is -0.121. The Morgan fingerprint density at radius 2 is 1.67 bits per heavy atom. The van der Waals surface area contributed by atoms with Gasteiger partial charge in [0.1, 0.15) is 6.61 Å². The Hall–Kier alpha value is -1.84. The third-order valence-corrected chi connectivity index (χ3v) is 3.23. The van der Waals surface area contributed by atoms with Crippen molar-refractivity contribution in [3.8, 4) is 0 Å². The van der Waals surface area contributed by atoms with Crippen LogP contribution in [-0.4, -0.2) is 17.9 Å². The molecule has 1 unspecified atom stereocenters. The Morgan fingerprint density at radius 3 is 2.19 bits per heavy atom. The Morgan fingerprint density at radius 1 is 1.10 bits per heavy atom. The van der Waals surface area contributed by atoms with E-state index in [-0.39, 0.29) is 18.3 Å². The molecule has 0 heterocycles. The van der Waals surface area contributed by atoms with E-state index in [1.54, 1.807) is 6.92 Å². The van der Waals surface area contributed by atoms with Gasteiger partial charge in [0.05, 0.1) is 6.04 Å². The van der Waals surface area contributed by atoms with E-state index in [1.807, 2.05) is 38.1 Å². The summed E-state index contributed by atoms with van der Waals surface area (Å²) in [7, 11) is 0. The Bertz CT molecular complexity index is 465. The zero-order valence-corrected chi connectivity index (χ0v) is 13.3. The van der Waals surface area contributed by atoms with Crippen LogP contribution in [0.5, 0.6) is 0 Å². The second-order valence-electron chi connectivity index (χ2n) is 5.68. The normalized spacial score (nSPS) is 12.0. The molecule has 1 rings (SSSR count). The number of hydrogen-bond acceptors (Lipinski definition) is 3. The van der Waals surface area contributed by atoms with Crippen LogP contribution >= 0.6 is 0 Å². The van der Waals surface area contributed by atoms with E-state index < -0.39 is 12.1 Å². The third-order valence-electron chi connectivity index (χ3n) is 3.23. The van der Waals surface area contributed by atoms with Gasteiger partial charge in [-0.2, -0.15) is 0 Å². The van der Waals surface area contributed by atoms with Crippen LogP contribution in [0.3, 0.4) is 0 Å². The molecule has 1 amide bonds. The van der Waals surface area contributed by atoms with Crippen molar-refractivity contribution in [1.82, 2.24) is 5.32 Å². The number of nitrogens with one attached hydrogen (secondary N) is 1. The number of ketones is 1. The summed E-state index contributed by atoms with van der Waals surface area (Å²) in [6.45, 7) is 7.93. The molecule has 0 radical (unpaired) electrons. The Balaban J connectivity index is 2.37. The largest absolute Gasteiger partial charge is 0.445 e. The molecule has 4 nitrogen and oxygen atoms in total. The van der Waals surface area contributed by atoms with Crippen LogP contribution in [0.2, 0.25) is 0 Å². The molecule has 1 aromatic rings. The number of rotatable bonds is 7. The molecule has 0 saturated heterocycles. The van der Waals surface area contributed by atoms with Gasteiger partial charge in [-0.05, 0) is 30.4 Å². The third kappa shape index (κ3) is 6.43. The van der Waals surface area contributed by atoms with E-state index in [0.29, 0.717) is 6.42 Å². The summed E-state index contributed by atoms with van der Waals surface area (Å²) < 4.78 is 5.13. The summed E-state index contributed by atoms with van der Waals surface area (Å²) in [6, 6.07) is 7.41. The number of aryl methyl sites for hydroxylation is 1. The minimum Gasteiger partial charge on any atom is -0.445 e. The van der Waals surface area contributed by atoms with Crippen molar-refractivity contribution in [3.05, 3.63) is 35.4 Å². The minimum atomic E-state index is -0.556. The summed E-state index contributed by atoms with van der Waals surface area (Å²) in [5, 5.41) is 2.57. The van der Waals surface area contributed by atoms with Crippen molar-refractivity contribution in [1.29, 1.82) is 0 Å². The van der Waals surface area contributed by atoms with Gasteiger partial charge in [0, 0.05) is 6.42 Å². The quantitative estimate of drug-likeness (QED) is 0.836. The SMILES string of the molecule is CCc1ccc(COC(=O)NC(C)C(=O)CC(C)C)cc1. The predicted octanol–water partition coefficient (Wildman–Crippen LogP) is 3.48. The molecule has 1 aromatic carbocycles. The molecule has 116 valence electrons. The molecule has 0 bridgehead atoms. The molecule has 0 aliphatic rings. The number of carbonyl (C=O) groups excluding carboxylic acids is 2. The maximum absolute atomic E-state index is 11.8. The fraction of sp³-hybridized carbons (Fsp3) is 0.529. The lowest BCUT2D eigenvalue weighted by Gasteiger charge is -2.14. The van der Waals surface area contributed by atoms with Gasteiger partial charge in [-0.15, -0.1) is 0 Å². The molecule has 0 aliphatic carbocycles. The highest BCUT2D eigenvalue weighted by Gasteiger charge is 2.17. The number of ether oxygens (including phenoxy) is 1. The Kier molecular flexibility index (Phi) is 6.92. The summed E-state index contributed by atoms with van der Waals surface area (Å²) in [6.07, 6.45) is 0.885. The summed E-state index contributed by atoms with van der Waals surface area (Å²) in [4.78, 5) is 23.4. The van der Waals surface area contributed by atoms with Crippen LogP contribution < -0.4 is 5.32 Å². The van der Waals surface area contributed by atoms with Gasteiger partial charge in [-0.1, -0.05) is 45.0 Å². The second kappa shape index (κ2) is 8.45. The number of Topliss-reactive ketones (excluding diaryl/α,β-unsaturated/α-hetero) is 1. The number of carbonyl (C=O) groups is 2. The first-order valence-corrected chi connectivity index (χ1v) is 7.46. The summed E-state index contributed by atoms with van der Waals surface area (Å²) in [5.41, 5.74) is 2.18. The highest BCUT2D eigenvalue weighted by atomic mass is 16.5. The summed E-state index contributed by atoms with van der Waals surface area (Å²) in [5.74, 6) is 0.309. The highest BCUT2D eigenvalue weighted by molar-refractivity contribution is 5.87. The van der Waals surface area contributed by atoms with Gasteiger partial charge >= 0.3 is 6.09 Å². The first-order chi connectivity index (χ1) is 9.92. The fourth-order valence-electron chi connectivity index (χ4n) is 1.90. The van der Waals surface area contributed by atoms with E-state index in [0.717, 1.165) is 12.0 Å². The van der Waals surface area contributed by atoms with Crippen LogP contribution in [0.15, 0.2) is 24.3 Å². The van der Waals surface area contributed by atoms with Crippen molar-refractivity contribution in [2.45, 2.75) is 53.2 Å². The maximum atomic E-state index is 11.8. The minimum absolute atomic E-state index is 0.0225. The number of benzene rings is 1. The second-order valence-corrected chi connectivity index (χ2v) is 5.68. The molecule has 0 fully saturated rings. The van der Waals surface area contributed by atoms with Crippen molar-refractivity contribution in [2.24, 2.45) is 5.92 Å². The van der Waals surface area contributed by atoms with Gasteiger partial charge in [0.2, 0.25) is 0 Å². The van der Waals surface area contributed by atoms with Crippen molar-refractivity contribution in [2.75, 3.05) is 0 Å². The van der Waals surface area contributed by atoms with Crippen LogP contribution in [0.4, 0.5) is 4.79 Å². The Labute approximate surface area is 126 Å². The number of alkyl carbamates (subject to hydrolysis) is 1. The first-order valence-electron chi connectivity index (χ1n) is 7.46. The molecule has 0 aliphatic heterocycles. The fourth-order valence-corrected chi connectivity index (χ4v) is 1.90. The van der Waals surface area contributed by atoms with Crippen LogP contribution in [0.1, 0.15) is 45.2 Å².